The summed E-state index contributed by atoms with van der Waals surface area (Å²) in [6.07, 6.45) is 7.01. The average molecular weight is 423 g/mol. The Hall–Kier alpha value is -1.65. The van der Waals surface area contributed by atoms with E-state index in [1.165, 1.54) is 54.8 Å². The maximum atomic E-state index is 12.8. The number of benzene rings is 1. The fourth-order valence-electron chi connectivity index (χ4n) is 6.09. The summed E-state index contributed by atoms with van der Waals surface area (Å²) in [7, 11) is 0. The number of hydrogen-bond donors (Lipinski definition) is 0. The van der Waals surface area contributed by atoms with Crippen molar-refractivity contribution in [3.8, 4) is 0 Å². The minimum absolute atomic E-state index is 0.317. The molecule has 3 aliphatic rings. The van der Waals surface area contributed by atoms with Gasteiger partial charge in [0.05, 0.1) is 6.42 Å². The van der Waals surface area contributed by atoms with E-state index in [0.29, 0.717) is 30.1 Å². The third kappa shape index (κ3) is 4.22. The predicted molar refractivity (Wildman–Crippen MR) is 124 cm³/mol. The predicted octanol–water partition coefficient (Wildman–Crippen LogP) is 4.97. The number of nitrogens with zero attached hydrogens (tertiary/aromatic N) is 2. The Morgan fingerprint density at radius 2 is 1.97 bits per heavy atom. The molecule has 4 atom stereocenters. The number of fused-ring (bicyclic) bond motifs is 1. The third-order valence-corrected chi connectivity index (χ3v) is 8.78. The van der Waals surface area contributed by atoms with Crippen LogP contribution in [0.4, 0.5) is 0 Å². The SMILES string of the molecule is C[C@@H]1CCCN1CCc1ccc([C@@H]2CC[C@@H]3CN(C(=O)Cc4cccs4)C[C@@H]32)cc1. The first-order valence-corrected chi connectivity index (χ1v) is 12.7. The molecule has 1 aromatic heterocycles. The molecule has 160 valence electrons. The van der Waals surface area contributed by atoms with Gasteiger partial charge in [0.1, 0.15) is 0 Å². The molecule has 1 aliphatic carbocycles. The van der Waals surface area contributed by atoms with Crippen molar-refractivity contribution < 1.29 is 4.79 Å². The molecule has 1 aromatic carbocycles. The minimum atomic E-state index is 0.317. The fraction of sp³-hybridized carbons (Fsp3) is 0.577. The highest BCUT2D eigenvalue weighted by Gasteiger charge is 2.44. The minimum Gasteiger partial charge on any atom is -0.342 e. The molecule has 0 radical (unpaired) electrons. The number of amides is 1. The van der Waals surface area contributed by atoms with E-state index in [-0.39, 0.29) is 0 Å². The van der Waals surface area contributed by atoms with E-state index in [1.54, 1.807) is 11.3 Å². The first-order chi connectivity index (χ1) is 14.7. The third-order valence-electron chi connectivity index (χ3n) is 7.90. The molecule has 0 bridgehead atoms. The molecule has 4 heteroatoms. The van der Waals surface area contributed by atoms with Crippen molar-refractivity contribution in [2.75, 3.05) is 26.2 Å². The molecule has 2 saturated heterocycles. The Morgan fingerprint density at radius 1 is 1.10 bits per heavy atom. The van der Waals surface area contributed by atoms with Crippen LogP contribution in [0.3, 0.4) is 0 Å². The summed E-state index contributed by atoms with van der Waals surface area (Å²) in [5, 5.41) is 2.06. The second-order valence-corrected chi connectivity index (χ2v) is 10.7. The lowest BCUT2D eigenvalue weighted by Crippen LogP contribution is -2.31. The summed E-state index contributed by atoms with van der Waals surface area (Å²) in [4.78, 5) is 18.7. The van der Waals surface area contributed by atoms with Crippen molar-refractivity contribution in [3.63, 3.8) is 0 Å². The fourth-order valence-corrected chi connectivity index (χ4v) is 6.78. The molecule has 2 aromatic rings. The van der Waals surface area contributed by atoms with E-state index in [9.17, 15) is 4.79 Å². The lowest BCUT2D eigenvalue weighted by molar-refractivity contribution is -0.129. The van der Waals surface area contributed by atoms with E-state index in [2.05, 4.69) is 52.4 Å². The smallest absolute Gasteiger partial charge is 0.227 e. The Kier molecular flexibility index (Phi) is 5.97. The zero-order valence-corrected chi connectivity index (χ0v) is 18.9. The van der Waals surface area contributed by atoms with Crippen molar-refractivity contribution in [1.29, 1.82) is 0 Å². The van der Waals surface area contributed by atoms with Gasteiger partial charge in [-0.15, -0.1) is 11.3 Å². The van der Waals surface area contributed by atoms with E-state index in [4.69, 9.17) is 0 Å². The molecular weight excluding hydrogens is 388 g/mol. The van der Waals surface area contributed by atoms with Gasteiger partial charge in [-0.1, -0.05) is 30.3 Å². The highest BCUT2D eigenvalue weighted by Crippen LogP contribution is 2.47. The molecule has 3 heterocycles. The molecule has 0 unspecified atom stereocenters. The summed E-state index contributed by atoms with van der Waals surface area (Å²) in [6.45, 7) is 6.75. The van der Waals surface area contributed by atoms with Crippen molar-refractivity contribution in [3.05, 3.63) is 57.8 Å². The maximum Gasteiger partial charge on any atom is 0.227 e. The quantitative estimate of drug-likeness (QED) is 0.656. The van der Waals surface area contributed by atoms with Crippen LogP contribution in [0.25, 0.3) is 0 Å². The number of hydrogen-bond acceptors (Lipinski definition) is 3. The summed E-state index contributed by atoms with van der Waals surface area (Å²) in [5.74, 6) is 2.28. The van der Waals surface area contributed by atoms with Gasteiger partial charge in [0, 0.05) is 30.6 Å². The first-order valence-electron chi connectivity index (χ1n) is 11.8. The molecule has 5 rings (SSSR count). The standard InChI is InChI=1S/C26H34N2OS/c1-19-4-2-13-27(19)14-12-20-6-8-21(9-7-20)24-11-10-22-17-28(18-25(22)24)26(29)16-23-5-3-15-30-23/h3,5-9,15,19,22,24-25H,2,4,10-14,16-18H2,1H3/t19-,22-,24+,25+/m1/s1. The second kappa shape index (κ2) is 8.84. The Bertz CT molecular complexity index is 846. The van der Waals surface area contributed by atoms with Crippen LogP contribution in [0.5, 0.6) is 0 Å². The molecular formula is C26H34N2OS. The Morgan fingerprint density at radius 3 is 2.70 bits per heavy atom. The zero-order valence-electron chi connectivity index (χ0n) is 18.1. The van der Waals surface area contributed by atoms with E-state index < -0.39 is 0 Å². The summed E-state index contributed by atoms with van der Waals surface area (Å²) < 4.78 is 0. The number of rotatable bonds is 6. The van der Waals surface area contributed by atoms with Crippen molar-refractivity contribution >= 4 is 17.2 Å². The normalized spacial score (nSPS) is 28.9. The maximum absolute atomic E-state index is 12.8. The number of thiophene rings is 1. The first kappa shape index (κ1) is 20.3. The number of likely N-dealkylation sites (tertiary alicyclic amines) is 2. The molecule has 1 saturated carbocycles. The molecule has 3 nitrogen and oxygen atoms in total. The van der Waals surface area contributed by atoms with Gasteiger partial charge in [-0.05, 0) is 85.9 Å². The Balaban J connectivity index is 1.17. The Labute approximate surface area is 185 Å². The largest absolute Gasteiger partial charge is 0.342 e. The van der Waals surface area contributed by atoms with Gasteiger partial charge in [-0.25, -0.2) is 0 Å². The summed E-state index contributed by atoms with van der Waals surface area (Å²) in [5.41, 5.74) is 2.96. The number of carbonyl (C=O) groups is 1. The van der Waals surface area contributed by atoms with Gasteiger partial charge in [0.25, 0.3) is 0 Å². The van der Waals surface area contributed by atoms with Crippen molar-refractivity contribution in [2.24, 2.45) is 11.8 Å². The number of carbonyl (C=O) groups excluding carboxylic acids is 1. The van der Waals surface area contributed by atoms with Crippen LogP contribution < -0.4 is 0 Å². The van der Waals surface area contributed by atoms with Gasteiger partial charge in [-0.3, -0.25) is 4.79 Å². The summed E-state index contributed by atoms with van der Waals surface area (Å²) >= 11 is 1.69. The monoisotopic (exact) mass is 422 g/mol. The molecule has 0 N–H and O–H groups in total. The molecule has 3 fully saturated rings. The topological polar surface area (TPSA) is 23.6 Å². The van der Waals surface area contributed by atoms with Crippen molar-refractivity contribution in [1.82, 2.24) is 9.80 Å². The van der Waals surface area contributed by atoms with Crippen LogP contribution in [0, 0.1) is 11.8 Å². The van der Waals surface area contributed by atoms with E-state index in [1.807, 2.05) is 6.07 Å². The average Bonchev–Trinajstić information content (AvgIpc) is 3.52. The zero-order chi connectivity index (χ0) is 20.5. The van der Waals surface area contributed by atoms with Crippen LogP contribution in [0.15, 0.2) is 41.8 Å². The lowest BCUT2D eigenvalue weighted by atomic mass is 9.86. The molecule has 1 amide bonds. The van der Waals surface area contributed by atoms with Crippen LogP contribution in [-0.4, -0.2) is 47.9 Å². The van der Waals surface area contributed by atoms with Crippen LogP contribution in [-0.2, 0) is 17.6 Å². The van der Waals surface area contributed by atoms with Crippen LogP contribution >= 0.6 is 11.3 Å². The van der Waals surface area contributed by atoms with Crippen molar-refractivity contribution in [2.45, 2.75) is 57.4 Å². The van der Waals surface area contributed by atoms with E-state index in [0.717, 1.165) is 25.6 Å². The van der Waals surface area contributed by atoms with E-state index >= 15 is 0 Å². The van der Waals surface area contributed by atoms with Gasteiger partial charge in [-0.2, -0.15) is 0 Å². The van der Waals surface area contributed by atoms with Crippen LogP contribution in [0.1, 0.15) is 54.5 Å². The highest BCUT2D eigenvalue weighted by molar-refractivity contribution is 7.10. The molecule has 2 aliphatic heterocycles. The highest BCUT2D eigenvalue weighted by atomic mass is 32.1. The van der Waals surface area contributed by atoms with Gasteiger partial charge >= 0.3 is 0 Å². The van der Waals surface area contributed by atoms with Gasteiger partial charge in [0.15, 0.2) is 0 Å². The van der Waals surface area contributed by atoms with Gasteiger partial charge < -0.3 is 9.80 Å². The molecule has 30 heavy (non-hydrogen) atoms. The second-order valence-electron chi connectivity index (χ2n) is 9.68. The lowest BCUT2D eigenvalue weighted by Gasteiger charge is -2.22. The van der Waals surface area contributed by atoms with Gasteiger partial charge in [0.2, 0.25) is 5.91 Å². The van der Waals surface area contributed by atoms with Crippen LogP contribution in [0.2, 0.25) is 0 Å². The molecule has 0 spiro atoms. The summed E-state index contributed by atoms with van der Waals surface area (Å²) in [6, 6.07) is 14.4.